The number of hydrogen-bond acceptors (Lipinski definition) is 8. The molecule has 2 saturated heterocycles. The highest BCUT2D eigenvalue weighted by molar-refractivity contribution is 5.99. The van der Waals surface area contributed by atoms with Crippen LogP contribution < -0.4 is 16.0 Å². The van der Waals surface area contributed by atoms with Crippen molar-refractivity contribution in [3.63, 3.8) is 0 Å². The minimum Gasteiger partial charge on any atom is -0.450 e. The summed E-state index contributed by atoms with van der Waals surface area (Å²) in [7, 11) is 4.45. The molecular formula is C42H66N6O8. The standard InChI is InChI=1S/C42H66N6O8/c1-12-13-17-26(6)22-31-39(52)46(9)28(8)42(55)56-35-27(7)34(45-38(35)51)41(54)48(11)32(21-25(4)5)36(49)43-30(20-24(2)3)40(53)47(10)33(37(50)44-31)23-29-18-15-14-16-19-29/h14-16,18-19,24-28,30-35H,12-13,17,20-23H2,1-11H3,(H,43,49)(H,44,50)(H,45,51)/t26-,27-,28+,30+,31+,32+,33+,34?,35?/m1/s1. The number of amides is 6. The lowest BCUT2D eigenvalue weighted by molar-refractivity contribution is -0.163. The highest BCUT2D eigenvalue weighted by Crippen LogP contribution is 2.25. The van der Waals surface area contributed by atoms with Crippen LogP contribution in [-0.4, -0.2) is 120 Å². The van der Waals surface area contributed by atoms with Gasteiger partial charge in [-0.05, 0) is 49.5 Å². The molecule has 2 fully saturated rings. The van der Waals surface area contributed by atoms with Gasteiger partial charge in [-0.1, -0.05) is 98.1 Å². The summed E-state index contributed by atoms with van der Waals surface area (Å²) in [6, 6.07) is 2.77. The molecule has 56 heavy (non-hydrogen) atoms. The van der Waals surface area contributed by atoms with Crippen LogP contribution in [0, 0.1) is 23.7 Å². The van der Waals surface area contributed by atoms with Crippen molar-refractivity contribution in [3.8, 4) is 0 Å². The Morgan fingerprint density at radius 2 is 1.20 bits per heavy atom. The van der Waals surface area contributed by atoms with E-state index < -0.39 is 89.7 Å². The summed E-state index contributed by atoms with van der Waals surface area (Å²) in [4.78, 5) is 102. The van der Waals surface area contributed by atoms with E-state index in [-0.39, 0.29) is 43.4 Å². The van der Waals surface area contributed by atoms with Gasteiger partial charge in [-0.3, -0.25) is 28.8 Å². The summed E-state index contributed by atoms with van der Waals surface area (Å²) in [5, 5.41) is 8.53. The van der Waals surface area contributed by atoms with Crippen LogP contribution in [0.3, 0.4) is 0 Å². The molecule has 0 aliphatic carbocycles. The van der Waals surface area contributed by atoms with Crippen molar-refractivity contribution in [1.82, 2.24) is 30.7 Å². The molecule has 6 amide bonds. The second-order valence-corrected chi connectivity index (χ2v) is 16.8. The van der Waals surface area contributed by atoms with Crippen molar-refractivity contribution in [1.29, 1.82) is 0 Å². The fourth-order valence-electron chi connectivity index (χ4n) is 7.47. The summed E-state index contributed by atoms with van der Waals surface area (Å²) in [6.45, 7) is 14.8. The van der Waals surface area contributed by atoms with Crippen molar-refractivity contribution in [2.24, 2.45) is 23.7 Å². The smallest absolute Gasteiger partial charge is 0.329 e. The third-order valence-electron chi connectivity index (χ3n) is 11.2. The molecule has 0 spiro atoms. The summed E-state index contributed by atoms with van der Waals surface area (Å²) in [6.07, 6.45) is 2.26. The molecule has 14 nitrogen and oxygen atoms in total. The molecule has 1 aromatic rings. The van der Waals surface area contributed by atoms with Crippen LogP contribution in [0.25, 0.3) is 0 Å². The largest absolute Gasteiger partial charge is 0.450 e. The summed E-state index contributed by atoms with van der Waals surface area (Å²) in [5.41, 5.74) is 0.781. The molecule has 0 aromatic heterocycles. The Hall–Kier alpha value is -4.49. The van der Waals surface area contributed by atoms with Gasteiger partial charge in [-0.2, -0.15) is 0 Å². The van der Waals surface area contributed by atoms with Gasteiger partial charge in [0, 0.05) is 33.5 Å². The highest BCUT2D eigenvalue weighted by atomic mass is 16.6. The quantitative estimate of drug-likeness (QED) is 0.287. The van der Waals surface area contributed by atoms with Gasteiger partial charge in [0.15, 0.2) is 6.10 Å². The molecule has 2 unspecified atom stereocenters. The zero-order chi connectivity index (χ0) is 42.0. The first-order valence-electron chi connectivity index (χ1n) is 20.2. The lowest BCUT2D eigenvalue weighted by Crippen LogP contribution is -2.60. The second kappa shape index (κ2) is 20.6. The second-order valence-electron chi connectivity index (χ2n) is 16.8. The van der Waals surface area contributed by atoms with E-state index in [0.29, 0.717) is 0 Å². The van der Waals surface area contributed by atoms with Crippen LogP contribution in [0.4, 0.5) is 0 Å². The lowest BCUT2D eigenvalue weighted by Gasteiger charge is -2.36. The van der Waals surface area contributed by atoms with Gasteiger partial charge in [-0.15, -0.1) is 0 Å². The summed E-state index contributed by atoms with van der Waals surface area (Å²) in [5.74, 6) is -5.07. The molecule has 2 aliphatic rings. The molecule has 0 saturated carbocycles. The molecular weight excluding hydrogens is 716 g/mol. The number of carbonyl (C=O) groups is 7. The average molecular weight is 783 g/mol. The van der Waals surface area contributed by atoms with Crippen LogP contribution >= 0.6 is 0 Å². The molecule has 312 valence electrons. The number of nitrogens with zero attached hydrogens (tertiary/aromatic N) is 3. The molecule has 9 atom stereocenters. The topological polar surface area (TPSA) is 175 Å². The predicted octanol–water partition coefficient (Wildman–Crippen LogP) is 3.07. The number of rotatable bonds is 11. The maximum absolute atomic E-state index is 14.6. The first-order valence-corrected chi connectivity index (χ1v) is 20.2. The number of hydrogen-bond donors (Lipinski definition) is 3. The van der Waals surface area contributed by atoms with E-state index in [1.54, 1.807) is 6.92 Å². The molecule has 2 aliphatic heterocycles. The van der Waals surface area contributed by atoms with Crippen molar-refractivity contribution < 1.29 is 38.3 Å². The SMILES string of the molecule is CCCC[C@@H](C)C[C@@H]1NC(=O)[C@H](Cc2ccccc2)N(C)C(=O)[C@H](CC(C)C)NC(=O)[C@H](CC(C)C)N(C)C(=O)C2NC(=O)C(OC(=O)[C@H](C)N(C)C1=O)[C@@H]2C. The summed E-state index contributed by atoms with van der Waals surface area (Å²) < 4.78 is 5.70. The van der Waals surface area contributed by atoms with E-state index >= 15 is 0 Å². The molecule has 3 N–H and O–H groups in total. The maximum atomic E-state index is 14.6. The van der Waals surface area contributed by atoms with Gasteiger partial charge in [0.25, 0.3) is 5.91 Å². The number of unbranched alkanes of at least 4 members (excludes halogenated alkanes) is 1. The maximum Gasteiger partial charge on any atom is 0.329 e. The Morgan fingerprint density at radius 1 is 0.661 bits per heavy atom. The monoisotopic (exact) mass is 782 g/mol. The van der Waals surface area contributed by atoms with Gasteiger partial charge >= 0.3 is 5.97 Å². The Kier molecular flexibility index (Phi) is 16.9. The normalized spacial score (nSPS) is 28.3. The van der Waals surface area contributed by atoms with Gasteiger partial charge in [0.2, 0.25) is 29.5 Å². The van der Waals surface area contributed by atoms with Crippen LogP contribution in [0.2, 0.25) is 0 Å². The first kappa shape index (κ1) is 45.9. The van der Waals surface area contributed by atoms with E-state index in [0.717, 1.165) is 24.8 Å². The lowest BCUT2D eigenvalue weighted by atomic mass is 9.94. The molecule has 3 rings (SSSR count). The molecule has 1 aromatic carbocycles. The fourth-order valence-corrected chi connectivity index (χ4v) is 7.47. The van der Waals surface area contributed by atoms with Gasteiger partial charge in [0.1, 0.15) is 36.3 Å². The first-order chi connectivity index (χ1) is 26.3. The minimum absolute atomic E-state index is 0.0254. The number of fused-ring (bicyclic) bond motifs is 2. The third-order valence-corrected chi connectivity index (χ3v) is 11.2. The fraction of sp³-hybridized carbons (Fsp3) is 0.690. The Bertz CT molecular complexity index is 1550. The van der Waals surface area contributed by atoms with E-state index in [1.807, 2.05) is 65.0 Å². The molecule has 0 radical (unpaired) electrons. The number of carbonyl (C=O) groups excluding carboxylic acids is 7. The van der Waals surface area contributed by atoms with E-state index in [1.165, 1.54) is 42.8 Å². The number of esters is 1. The van der Waals surface area contributed by atoms with Crippen molar-refractivity contribution in [2.75, 3.05) is 21.1 Å². The number of likely N-dealkylation sites (N-methyl/N-ethyl adjacent to an activating group) is 3. The average Bonchev–Trinajstić information content (AvgIpc) is 3.43. The zero-order valence-corrected chi connectivity index (χ0v) is 35.3. The van der Waals surface area contributed by atoms with E-state index in [4.69, 9.17) is 4.74 Å². The molecule has 2 bridgehead atoms. The van der Waals surface area contributed by atoms with Gasteiger partial charge in [-0.25, -0.2) is 4.79 Å². The van der Waals surface area contributed by atoms with Crippen molar-refractivity contribution >= 4 is 41.4 Å². The van der Waals surface area contributed by atoms with E-state index in [9.17, 15) is 33.6 Å². The number of benzene rings is 1. The number of ether oxygens (including phenoxy) is 1. The van der Waals surface area contributed by atoms with Crippen LogP contribution in [0.15, 0.2) is 30.3 Å². The van der Waals surface area contributed by atoms with Crippen LogP contribution in [-0.2, 0) is 44.7 Å². The Balaban J connectivity index is 2.18. The van der Waals surface area contributed by atoms with Gasteiger partial charge < -0.3 is 35.4 Å². The summed E-state index contributed by atoms with van der Waals surface area (Å²) >= 11 is 0. The van der Waals surface area contributed by atoms with Crippen molar-refractivity contribution in [2.45, 2.75) is 143 Å². The Labute approximate surface area is 333 Å². The molecule has 14 heteroatoms. The Morgan fingerprint density at radius 3 is 1.77 bits per heavy atom. The van der Waals surface area contributed by atoms with Crippen molar-refractivity contribution in [3.05, 3.63) is 35.9 Å². The predicted molar refractivity (Wildman–Crippen MR) is 213 cm³/mol. The molecule has 2 heterocycles. The highest BCUT2D eigenvalue weighted by Gasteiger charge is 2.48. The van der Waals surface area contributed by atoms with Crippen LogP contribution in [0.5, 0.6) is 0 Å². The number of nitrogens with one attached hydrogen (secondary N) is 3. The van der Waals surface area contributed by atoms with Gasteiger partial charge in [0.05, 0.1) is 0 Å². The zero-order valence-electron chi connectivity index (χ0n) is 35.3. The van der Waals surface area contributed by atoms with E-state index in [2.05, 4.69) is 22.9 Å². The third kappa shape index (κ3) is 11.8. The minimum atomic E-state index is -1.33. The van der Waals surface area contributed by atoms with Crippen LogP contribution in [0.1, 0.15) is 99.5 Å².